The Hall–Kier alpha value is -3.78. The monoisotopic (exact) mass is 502 g/mol. The fourth-order valence-corrected chi connectivity index (χ4v) is 4.83. The number of aromatic nitrogens is 3. The largest absolute Gasteiger partial charge is 0.496 e. The normalized spacial score (nSPS) is 15.3. The van der Waals surface area contributed by atoms with Crippen LogP contribution in [0, 0.1) is 12.7 Å². The molecule has 1 fully saturated rings. The molecule has 1 aliphatic rings. The second-order valence-corrected chi connectivity index (χ2v) is 9.41. The van der Waals surface area contributed by atoms with Gasteiger partial charge in [-0.2, -0.15) is 5.10 Å². The van der Waals surface area contributed by atoms with Gasteiger partial charge in [0, 0.05) is 55.9 Å². The van der Waals surface area contributed by atoms with E-state index in [0.717, 1.165) is 41.7 Å². The number of ether oxygens (including phenoxy) is 2. The molecule has 2 aromatic heterocycles. The van der Waals surface area contributed by atoms with E-state index in [1.165, 1.54) is 12.1 Å². The molecule has 1 aliphatic heterocycles. The van der Waals surface area contributed by atoms with E-state index in [9.17, 15) is 9.18 Å². The van der Waals surface area contributed by atoms with Crippen LogP contribution in [0.5, 0.6) is 5.75 Å². The molecule has 8 heteroatoms. The first-order valence-corrected chi connectivity index (χ1v) is 12.6. The summed E-state index contributed by atoms with van der Waals surface area (Å²) in [5, 5.41) is 5.22. The highest BCUT2D eigenvalue weighted by atomic mass is 19.1. The van der Waals surface area contributed by atoms with Crippen molar-refractivity contribution in [3.8, 4) is 17.0 Å². The van der Waals surface area contributed by atoms with Gasteiger partial charge in [-0.05, 0) is 61.7 Å². The fraction of sp³-hybridized carbons (Fsp3) is 0.345. The molecule has 1 atom stereocenters. The predicted octanol–water partition coefficient (Wildman–Crippen LogP) is 5.15. The number of hydrogen-bond donors (Lipinski definition) is 0. The van der Waals surface area contributed by atoms with Gasteiger partial charge in [-0.3, -0.25) is 9.48 Å². The molecule has 0 aliphatic carbocycles. The van der Waals surface area contributed by atoms with Crippen molar-refractivity contribution in [1.82, 2.24) is 19.7 Å². The molecule has 4 aromatic rings. The summed E-state index contributed by atoms with van der Waals surface area (Å²) in [6, 6.07) is 16.1. The first kappa shape index (κ1) is 24.9. The standard InChI is InChI=1S/C29H31FN4O3/c1-20-11-13-34(32-20)14-12-28(35)33(19-24-6-5-15-37-24)18-22-16-21-9-10-23(30)17-26(21)31-29(22)25-7-3-4-8-27(25)36-2/h3-4,7-11,13,16-17,24H,5-6,12,14-15,18-19H2,1-2H3/t24-/m0/s1. The van der Waals surface area contributed by atoms with Crippen LogP contribution in [0.4, 0.5) is 4.39 Å². The lowest BCUT2D eigenvalue weighted by Crippen LogP contribution is -2.37. The number of rotatable bonds is 9. The Morgan fingerprint density at radius 3 is 2.84 bits per heavy atom. The lowest BCUT2D eigenvalue weighted by atomic mass is 10.0. The van der Waals surface area contributed by atoms with E-state index >= 15 is 0 Å². The smallest absolute Gasteiger partial charge is 0.224 e. The Balaban J connectivity index is 1.51. The Morgan fingerprint density at radius 1 is 1.22 bits per heavy atom. The minimum atomic E-state index is -0.345. The third-order valence-electron chi connectivity index (χ3n) is 6.71. The maximum atomic E-state index is 14.0. The second-order valence-electron chi connectivity index (χ2n) is 9.41. The molecular formula is C29H31FN4O3. The van der Waals surface area contributed by atoms with Crippen LogP contribution in [-0.2, 0) is 22.6 Å². The van der Waals surface area contributed by atoms with Gasteiger partial charge in [-0.15, -0.1) is 0 Å². The number of halogens is 1. The highest BCUT2D eigenvalue weighted by molar-refractivity contribution is 5.85. The highest BCUT2D eigenvalue weighted by Crippen LogP contribution is 2.33. The minimum absolute atomic E-state index is 0.00752. The van der Waals surface area contributed by atoms with Crippen LogP contribution in [0.25, 0.3) is 22.2 Å². The molecule has 1 amide bonds. The summed E-state index contributed by atoms with van der Waals surface area (Å²) in [4.78, 5) is 20.2. The van der Waals surface area contributed by atoms with E-state index in [0.29, 0.717) is 43.0 Å². The molecule has 37 heavy (non-hydrogen) atoms. The molecule has 1 saturated heterocycles. The lowest BCUT2D eigenvalue weighted by molar-refractivity contribution is -0.133. The fourth-order valence-electron chi connectivity index (χ4n) is 4.83. The lowest BCUT2D eigenvalue weighted by Gasteiger charge is -2.27. The van der Waals surface area contributed by atoms with E-state index < -0.39 is 0 Å². The number of carbonyl (C=O) groups excluding carboxylic acids is 1. The van der Waals surface area contributed by atoms with Gasteiger partial charge in [0.25, 0.3) is 0 Å². The molecule has 2 aromatic carbocycles. The maximum absolute atomic E-state index is 14.0. The quantitative estimate of drug-likeness (QED) is 0.317. The van der Waals surface area contributed by atoms with Gasteiger partial charge < -0.3 is 14.4 Å². The van der Waals surface area contributed by atoms with E-state index in [1.807, 2.05) is 54.4 Å². The topological polar surface area (TPSA) is 69.5 Å². The number of aryl methyl sites for hydroxylation is 2. The zero-order chi connectivity index (χ0) is 25.8. The molecule has 0 saturated carbocycles. The van der Waals surface area contributed by atoms with Crippen molar-refractivity contribution in [3.05, 3.63) is 77.9 Å². The second kappa shape index (κ2) is 11.1. The summed E-state index contributed by atoms with van der Waals surface area (Å²) >= 11 is 0. The van der Waals surface area contributed by atoms with E-state index in [4.69, 9.17) is 14.5 Å². The molecule has 0 radical (unpaired) electrons. The zero-order valence-electron chi connectivity index (χ0n) is 21.2. The summed E-state index contributed by atoms with van der Waals surface area (Å²) in [7, 11) is 1.61. The Labute approximate surface area is 215 Å². The van der Waals surface area contributed by atoms with Crippen molar-refractivity contribution < 1.29 is 18.7 Å². The maximum Gasteiger partial charge on any atom is 0.224 e. The van der Waals surface area contributed by atoms with Crippen LogP contribution in [-0.4, -0.2) is 51.9 Å². The first-order valence-electron chi connectivity index (χ1n) is 12.6. The van der Waals surface area contributed by atoms with Crippen LogP contribution >= 0.6 is 0 Å². The van der Waals surface area contributed by atoms with Crippen LogP contribution in [0.2, 0.25) is 0 Å². The average molecular weight is 503 g/mol. The highest BCUT2D eigenvalue weighted by Gasteiger charge is 2.25. The number of fused-ring (bicyclic) bond motifs is 1. The van der Waals surface area contributed by atoms with Crippen LogP contribution in [0.15, 0.2) is 60.8 Å². The number of para-hydroxylation sites is 1. The van der Waals surface area contributed by atoms with Crippen molar-refractivity contribution in [2.24, 2.45) is 0 Å². The van der Waals surface area contributed by atoms with Crippen LogP contribution in [0.3, 0.4) is 0 Å². The number of pyridine rings is 1. The Kier molecular flexibility index (Phi) is 7.46. The number of carbonyl (C=O) groups is 1. The third kappa shape index (κ3) is 5.80. The Bertz CT molecular complexity index is 1400. The van der Waals surface area contributed by atoms with Gasteiger partial charge in [0.05, 0.1) is 30.1 Å². The molecule has 7 nitrogen and oxygen atoms in total. The van der Waals surface area contributed by atoms with Crippen LogP contribution in [0.1, 0.15) is 30.5 Å². The van der Waals surface area contributed by atoms with Crippen LogP contribution < -0.4 is 4.74 Å². The number of hydrogen-bond acceptors (Lipinski definition) is 5. The SMILES string of the molecule is COc1ccccc1-c1nc2cc(F)ccc2cc1CN(C[C@@H]1CCCO1)C(=O)CCn1ccc(C)n1. The van der Waals surface area contributed by atoms with Gasteiger partial charge in [-0.1, -0.05) is 12.1 Å². The number of nitrogens with zero attached hydrogens (tertiary/aromatic N) is 4. The molecule has 5 rings (SSSR count). The summed E-state index contributed by atoms with van der Waals surface area (Å²) in [6.45, 7) is 4.01. The van der Waals surface area contributed by atoms with E-state index in [-0.39, 0.29) is 17.8 Å². The minimum Gasteiger partial charge on any atom is -0.496 e. The molecule has 192 valence electrons. The van der Waals surface area contributed by atoms with Crippen molar-refractivity contribution >= 4 is 16.8 Å². The van der Waals surface area contributed by atoms with Gasteiger partial charge in [0.15, 0.2) is 0 Å². The molecule has 3 heterocycles. The summed E-state index contributed by atoms with van der Waals surface area (Å²) in [6.07, 6.45) is 4.14. The molecule has 0 spiro atoms. The van der Waals surface area contributed by atoms with Gasteiger partial charge in [-0.25, -0.2) is 9.37 Å². The van der Waals surface area contributed by atoms with Crippen molar-refractivity contribution in [3.63, 3.8) is 0 Å². The summed E-state index contributed by atoms with van der Waals surface area (Å²) in [5.74, 6) is 0.342. The average Bonchev–Trinajstić information content (AvgIpc) is 3.58. The third-order valence-corrected chi connectivity index (χ3v) is 6.71. The first-order chi connectivity index (χ1) is 18.0. The predicted molar refractivity (Wildman–Crippen MR) is 140 cm³/mol. The summed E-state index contributed by atoms with van der Waals surface area (Å²) < 4.78 is 27.3. The van der Waals surface area contributed by atoms with Crippen molar-refractivity contribution in [1.29, 1.82) is 0 Å². The number of amides is 1. The summed E-state index contributed by atoms with van der Waals surface area (Å²) in [5.41, 5.74) is 3.80. The molecule has 0 N–H and O–H groups in total. The molecule has 0 bridgehead atoms. The van der Waals surface area contributed by atoms with E-state index in [1.54, 1.807) is 17.9 Å². The van der Waals surface area contributed by atoms with Gasteiger partial charge >= 0.3 is 0 Å². The number of methoxy groups -OCH3 is 1. The van der Waals surface area contributed by atoms with Crippen molar-refractivity contribution in [2.75, 3.05) is 20.3 Å². The number of benzene rings is 2. The Morgan fingerprint density at radius 2 is 2.08 bits per heavy atom. The van der Waals surface area contributed by atoms with Gasteiger partial charge in [0.2, 0.25) is 5.91 Å². The van der Waals surface area contributed by atoms with Gasteiger partial charge in [0.1, 0.15) is 11.6 Å². The molecular weight excluding hydrogens is 471 g/mol. The molecule has 0 unspecified atom stereocenters. The van der Waals surface area contributed by atoms with Crippen molar-refractivity contribution in [2.45, 2.75) is 45.4 Å². The zero-order valence-corrected chi connectivity index (χ0v) is 21.2. The van der Waals surface area contributed by atoms with E-state index in [2.05, 4.69) is 5.10 Å².